The second kappa shape index (κ2) is 7.23. The molecule has 2 atom stereocenters. The van der Waals surface area contributed by atoms with Gasteiger partial charge in [0.1, 0.15) is 5.69 Å². The monoisotopic (exact) mass is 375 g/mol. The molecule has 6 nitrogen and oxygen atoms in total. The summed E-state index contributed by atoms with van der Waals surface area (Å²) in [5.41, 5.74) is 2.94. The summed E-state index contributed by atoms with van der Waals surface area (Å²) in [6.07, 6.45) is 0. The first-order valence-corrected chi connectivity index (χ1v) is 9.12. The van der Waals surface area contributed by atoms with Gasteiger partial charge in [-0.25, -0.2) is 0 Å². The van der Waals surface area contributed by atoms with Gasteiger partial charge in [0.15, 0.2) is 0 Å². The van der Waals surface area contributed by atoms with Crippen LogP contribution in [0.2, 0.25) is 0 Å². The van der Waals surface area contributed by atoms with Crippen LogP contribution in [0, 0.1) is 5.92 Å². The lowest BCUT2D eigenvalue weighted by atomic mass is 10.0. The molecule has 1 saturated heterocycles. The lowest BCUT2D eigenvalue weighted by Gasteiger charge is -2.21. The van der Waals surface area contributed by atoms with E-state index in [0.717, 1.165) is 16.5 Å². The van der Waals surface area contributed by atoms with E-state index >= 15 is 0 Å². The fraction of sp³-hybridized carbons (Fsp3) is 0.182. The summed E-state index contributed by atoms with van der Waals surface area (Å²) in [5.74, 6) is -2.03. The molecular formula is C22H21N3O3. The molecule has 4 rings (SSSR count). The average molecular weight is 375 g/mol. The quantitative estimate of drug-likeness (QED) is 0.640. The molecule has 1 fully saturated rings. The summed E-state index contributed by atoms with van der Waals surface area (Å²) in [7, 11) is 0. The molecule has 28 heavy (non-hydrogen) atoms. The standard InChI is InChI=1S/C22H21N3O3/c1-14-20(24-21(26)19-11-16-9-5-6-10-18(16)23-19)17(22(27)28)13-25(14)12-15-7-3-2-4-8-15/h2-11,17,20,23H,1,12-13H2,(H,24,26)(H,27,28). The van der Waals surface area contributed by atoms with E-state index in [4.69, 9.17) is 0 Å². The average Bonchev–Trinajstić information content (AvgIpc) is 3.25. The van der Waals surface area contributed by atoms with Gasteiger partial charge in [0.2, 0.25) is 0 Å². The Morgan fingerprint density at radius 2 is 1.86 bits per heavy atom. The number of aromatic nitrogens is 1. The number of nitrogens with one attached hydrogen (secondary N) is 2. The van der Waals surface area contributed by atoms with Crippen LogP contribution in [-0.4, -0.2) is 39.5 Å². The molecule has 3 aromatic rings. The number of hydrogen-bond donors (Lipinski definition) is 3. The number of aliphatic carboxylic acids is 1. The zero-order chi connectivity index (χ0) is 19.7. The number of likely N-dealkylation sites (tertiary alicyclic amines) is 1. The normalized spacial score (nSPS) is 19.1. The van der Waals surface area contributed by atoms with Crippen molar-refractivity contribution in [1.29, 1.82) is 0 Å². The van der Waals surface area contributed by atoms with Crippen LogP contribution in [0.25, 0.3) is 10.9 Å². The third-order valence-electron chi connectivity index (χ3n) is 5.18. The SMILES string of the molecule is C=C1C(NC(=O)c2cc3ccccc3[nH]2)C(C(=O)O)CN1Cc1ccccc1. The Morgan fingerprint density at radius 1 is 1.14 bits per heavy atom. The molecular weight excluding hydrogens is 354 g/mol. The number of carboxylic acids is 1. The molecule has 0 saturated carbocycles. The number of fused-ring (bicyclic) bond motifs is 1. The molecule has 2 aromatic carbocycles. The fourth-order valence-electron chi connectivity index (χ4n) is 3.68. The maximum absolute atomic E-state index is 12.8. The largest absolute Gasteiger partial charge is 0.481 e. The van der Waals surface area contributed by atoms with Crippen molar-refractivity contribution in [3.63, 3.8) is 0 Å². The Kier molecular flexibility index (Phi) is 4.61. The van der Waals surface area contributed by atoms with Crippen LogP contribution >= 0.6 is 0 Å². The van der Waals surface area contributed by atoms with Gasteiger partial charge in [-0.15, -0.1) is 0 Å². The minimum Gasteiger partial charge on any atom is -0.481 e. The van der Waals surface area contributed by atoms with E-state index in [9.17, 15) is 14.7 Å². The Hall–Kier alpha value is -3.54. The van der Waals surface area contributed by atoms with Crippen LogP contribution in [0.15, 0.2) is 72.9 Å². The number of carbonyl (C=O) groups excluding carboxylic acids is 1. The van der Waals surface area contributed by atoms with Crippen molar-refractivity contribution in [2.24, 2.45) is 5.92 Å². The van der Waals surface area contributed by atoms with Gasteiger partial charge in [-0.3, -0.25) is 9.59 Å². The van der Waals surface area contributed by atoms with Crippen molar-refractivity contribution in [3.8, 4) is 0 Å². The van der Waals surface area contributed by atoms with Crippen LogP contribution in [0.3, 0.4) is 0 Å². The van der Waals surface area contributed by atoms with Crippen molar-refractivity contribution in [2.45, 2.75) is 12.6 Å². The lowest BCUT2D eigenvalue weighted by molar-refractivity contribution is -0.141. The van der Waals surface area contributed by atoms with E-state index in [1.165, 1.54) is 0 Å². The molecule has 2 heterocycles. The number of H-pyrrole nitrogens is 1. The molecule has 0 aliphatic carbocycles. The van der Waals surface area contributed by atoms with Gasteiger partial charge in [-0.2, -0.15) is 0 Å². The predicted molar refractivity (Wildman–Crippen MR) is 107 cm³/mol. The number of carboxylic acid groups (broad SMARTS) is 1. The highest BCUT2D eigenvalue weighted by atomic mass is 16.4. The number of rotatable bonds is 5. The van der Waals surface area contributed by atoms with Crippen LogP contribution in [0.4, 0.5) is 0 Å². The summed E-state index contributed by atoms with van der Waals surface area (Å²) in [6, 6.07) is 18.5. The first-order chi connectivity index (χ1) is 13.5. The second-order valence-corrected chi connectivity index (χ2v) is 7.02. The Bertz CT molecular complexity index is 1010. The number of amides is 1. The summed E-state index contributed by atoms with van der Waals surface area (Å²) in [6.45, 7) is 4.94. The zero-order valence-corrected chi connectivity index (χ0v) is 15.3. The Morgan fingerprint density at radius 3 is 2.57 bits per heavy atom. The van der Waals surface area contributed by atoms with Gasteiger partial charge in [-0.05, 0) is 17.7 Å². The van der Waals surface area contributed by atoms with E-state index in [-0.39, 0.29) is 5.91 Å². The topological polar surface area (TPSA) is 85.4 Å². The van der Waals surface area contributed by atoms with Gasteiger partial charge < -0.3 is 20.3 Å². The van der Waals surface area contributed by atoms with Crippen LogP contribution in [0.5, 0.6) is 0 Å². The molecule has 0 spiro atoms. The predicted octanol–water partition coefficient (Wildman–Crippen LogP) is 3.00. The van der Waals surface area contributed by atoms with Crippen LogP contribution in [-0.2, 0) is 11.3 Å². The van der Waals surface area contributed by atoms with Gasteiger partial charge in [0.25, 0.3) is 5.91 Å². The first kappa shape index (κ1) is 17.9. The Balaban J connectivity index is 1.53. The molecule has 0 bridgehead atoms. The van der Waals surface area contributed by atoms with Crippen molar-refractivity contribution in [3.05, 3.63) is 84.2 Å². The smallest absolute Gasteiger partial charge is 0.310 e. The second-order valence-electron chi connectivity index (χ2n) is 7.02. The third kappa shape index (κ3) is 3.36. The number of nitrogens with zero attached hydrogens (tertiary/aromatic N) is 1. The van der Waals surface area contributed by atoms with Gasteiger partial charge in [0, 0.05) is 29.7 Å². The van der Waals surface area contributed by atoms with E-state index in [0.29, 0.717) is 24.5 Å². The lowest BCUT2D eigenvalue weighted by Crippen LogP contribution is -2.42. The molecule has 0 radical (unpaired) electrons. The maximum Gasteiger partial charge on any atom is 0.310 e. The number of hydrogen-bond acceptors (Lipinski definition) is 3. The van der Waals surface area contributed by atoms with Gasteiger partial charge >= 0.3 is 5.97 Å². The molecule has 1 aliphatic heterocycles. The number of para-hydroxylation sites is 1. The number of benzene rings is 2. The van der Waals surface area contributed by atoms with E-state index < -0.39 is 17.9 Å². The summed E-state index contributed by atoms with van der Waals surface area (Å²) >= 11 is 0. The molecule has 2 unspecified atom stereocenters. The van der Waals surface area contributed by atoms with Gasteiger partial charge in [-0.1, -0.05) is 55.1 Å². The number of aromatic amines is 1. The van der Waals surface area contributed by atoms with Crippen molar-refractivity contribution < 1.29 is 14.7 Å². The summed E-state index contributed by atoms with van der Waals surface area (Å²) < 4.78 is 0. The van der Waals surface area contributed by atoms with Crippen molar-refractivity contribution >= 4 is 22.8 Å². The fourth-order valence-corrected chi connectivity index (χ4v) is 3.68. The highest BCUT2D eigenvalue weighted by Crippen LogP contribution is 2.28. The molecule has 1 aliphatic rings. The van der Waals surface area contributed by atoms with Crippen molar-refractivity contribution in [2.75, 3.05) is 6.54 Å². The van der Waals surface area contributed by atoms with Crippen LogP contribution < -0.4 is 5.32 Å². The van der Waals surface area contributed by atoms with Crippen LogP contribution in [0.1, 0.15) is 16.1 Å². The molecule has 6 heteroatoms. The van der Waals surface area contributed by atoms with Gasteiger partial charge in [0.05, 0.1) is 12.0 Å². The first-order valence-electron chi connectivity index (χ1n) is 9.12. The highest BCUT2D eigenvalue weighted by Gasteiger charge is 2.41. The maximum atomic E-state index is 12.8. The molecule has 1 amide bonds. The molecule has 3 N–H and O–H groups in total. The number of carbonyl (C=O) groups is 2. The van der Waals surface area contributed by atoms with Crippen molar-refractivity contribution in [1.82, 2.24) is 15.2 Å². The van der Waals surface area contributed by atoms with E-state index in [1.807, 2.05) is 59.5 Å². The minimum atomic E-state index is -0.946. The zero-order valence-electron chi connectivity index (χ0n) is 15.3. The molecule has 1 aromatic heterocycles. The summed E-state index contributed by atoms with van der Waals surface area (Å²) in [5, 5.41) is 13.4. The Labute approximate surface area is 162 Å². The van der Waals surface area contributed by atoms with E-state index in [2.05, 4.69) is 16.9 Å². The minimum absolute atomic E-state index is 0.306. The highest BCUT2D eigenvalue weighted by molar-refractivity contribution is 5.98. The van der Waals surface area contributed by atoms with E-state index in [1.54, 1.807) is 6.07 Å². The molecule has 142 valence electrons. The third-order valence-corrected chi connectivity index (χ3v) is 5.18. The summed E-state index contributed by atoms with van der Waals surface area (Å²) in [4.78, 5) is 29.5.